The number of amides is 1. The van der Waals surface area contributed by atoms with Crippen molar-refractivity contribution >= 4 is 13.7 Å². The zero-order valence-corrected chi connectivity index (χ0v) is 31.4. The second kappa shape index (κ2) is 30.1. The van der Waals surface area contributed by atoms with E-state index in [0.29, 0.717) is 23.9 Å². The fourth-order valence-corrected chi connectivity index (χ4v) is 5.85. The molecule has 1 amide bonds. The molecular formula is C37H73N2O6P. The summed E-state index contributed by atoms with van der Waals surface area (Å²) in [4.78, 5) is 25.1. The summed E-state index contributed by atoms with van der Waals surface area (Å²) < 4.78 is 23.1. The monoisotopic (exact) mass is 673 g/mol. The van der Waals surface area contributed by atoms with E-state index in [2.05, 4.69) is 43.5 Å². The largest absolute Gasteiger partial charge is 0.756 e. The Kier molecular flexibility index (Phi) is 29.4. The van der Waals surface area contributed by atoms with Crippen LogP contribution >= 0.6 is 7.82 Å². The van der Waals surface area contributed by atoms with Gasteiger partial charge in [0.15, 0.2) is 0 Å². The average molecular weight is 673 g/mol. The van der Waals surface area contributed by atoms with E-state index in [-0.39, 0.29) is 19.1 Å². The SMILES string of the molecule is CCCCCC/C=C\C/C=C\CCCCCCCC(=O)NC(COP(=O)([O-])OCC[N+](C)(C)C)C(O)CCCCCCCCCC. The fraction of sp³-hybridized carbons (Fsp3) is 0.865. The predicted molar refractivity (Wildman–Crippen MR) is 192 cm³/mol. The van der Waals surface area contributed by atoms with Gasteiger partial charge in [0.25, 0.3) is 7.82 Å². The third kappa shape index (κ3) is 31.6. The van der Waals surface area contributed by atoms with Crippen LogP contribution in [0.5, 0.6) is 0 Å². The zero-order valence-electron chi connectivity index (χ0n) is 30.5. The number of phosphoric acid groups is 1. The second-order valence-electron chi connectivity index (χ2n) is 13.9. The van der Waals surface area contributed by atoms with Gasteiger partial charge in [-0.25, -0.2) is 0 Å². The second-order valence-corrected chi connectivity index (χ2v) is 15.3. The Morgan fingerprint density at radius 2 is 1.26 bits per heavy atom. The van der Waals surface area contributed by atoms with Gasteiger partial charge in [0.05, 0.1) is 39.9 Å². The van der Waals surface area contributed by atoms with Crippen LogP contribution in [0.25, 0.3) is 0 Å². The van der Waals surface area contributed by atoms with E-state index in [0.717, 1.165) is 64.2 Å². The first-order chi connectivity index (χ1) is 22.0. The lowest BCUT2D eigenvalue weighted by Gasteiger charge is -2.30. The molecule has 272 valence electrons. The highest BCUT2D eigenvalue weighted by atomic mass is 31.2. The number of phosphoric ester groups is 1. The Morgan fingerprint density at radius 3 is 1.83 bits per heavy atom. The molecule has 0 rings (SSSR count). The number of nitrogens with one attached hydrogen (secondary N) is 1. The first kappa shape index (κ1) is 45.0. The lowest BCUT2D eigenvalue weighted by atomic mass is 10.0. The molecule has 0 fully saturated rings. The highest BCUT2D eigenvalue weighted by molar-refractivity contribution is 7.45. The normalized spacial score (nSPS) is 15.0. The minimum atomic E-state index is -4.55. The number of carbonyl (C=O) groups is 1. The van der Waals surface area contributed by atoms with E-state index < -0.39 is 20.0 Å². The van der Waals surface area contributed by atoms with E-state index >= 15 is 0 Å². The quantitative estimate of drug-likeness (QED) is 0.0312. The molecule has 0 heterocycles. The van der Waals surface area contributed by atoms with Crippen LogP contribution in [0.15, 0.2) is 24.3 Å². The Labute approximate surface area is 284 Å². The Hall–Kier alpha value is -1.02. The van der Waals surface area contributed by atoms with Crippen molar-refractivity contribution in [2.75, 3.05) is 40.9 Å². The summed E-state index contributed by atoms with van der Waals surface area (Å²) in [5.74, 6) is -0.184. The number of nitrogens with zero attached hydrogens (tertiary/aromatic N) is 1. The minimum Gasteiger partial charge on any atom is -0.756 e. The van der Waals surface area contributed by atoms with Crippen molar-refractivity contribution in [2.24, 2.45) is 0 Å². The maximum absolute atomic E-state index is 12.7. The Morgan fingerprint density at radius 1 is 0.761 bits per heavy atom. The molecule has 0 radical (unpaired) electrons. The molecule has 46 heavy (non-hydrogen) atoms. The molecule has 3 atom stereocenters. The molecule has 0 spiro atoms. The van der Waals surface area contributed by atoms with Gasteiger partial charge in [0.2, 0.25) is 5.91 Å². The molecule has 2 N–H and O–H groups in total. The summed E-state index contributed by atoms with van der Waals surface area (Å²) in [7, 11) is 1.29. The van der Waals surface area contributed by atoms with Crippen LogP contribution in [0.4, 0.5) is 0 Å². The number of hydrogen-bond acceptors (Lipinski definition) is 6. The molecule has 0 aliphatic carbocycles. The number of rotatable bonds is 33. The summed E-state index contributed by atoms with van der Waals surface area (Å²) in [6.45, 7) is 4.63. The third-order valence-electron chi connectivity index (χ3n) is 8.19. The highest BCUT2D eigenvalue weighted by Gasteiger charge is 2.24. The number of unbranched alkanes of at least 4 members (excludes halogenated alkanes) is 16. The van der Waals surface area contributed by atoms with Gasteiger partial charge in [0, 0.05) is 6.42 Å². The molecule has 0 aliphatic rings. The molecule has 3 unspecified atom stereocenters. The van der Waals surface area contributed by atoms with Crippen molar-refractivity contribution in [3.8, 4) is 0 Å². The van der Waals surface area contributed by atoms with E-state index in [1.165, 1.54) is 64.2 Å². The van der Waals surface area contributed by atoms with Crippen LogP contribution in [0.2, 0.25) is 0 Å². The smallest absolute Gasteiger partial charge is 0.268 e. The predicted octanol–water partition coefficient (Wildman–Crippen LogP) is 8.77. The third-order valence-corrected chi connectivity index (χ3v) is 9.16. The lowest BCUT2D eigenvalue weighted by molar-refractivity contribution is -0.870. The minimum absolute atomic E-state index is 0.00893. The number of aliphatic hydroxyl groups is 1. The highest BCUT2D eigenvalue weighted by Crippen LogP contribution is 2.38. The van der Waals surface area contributed by atoms with Crippen molar-refractivity contribution < 1.29 is 32.9 Å². The van der Waals surface area contributed by atoms with Crippen molar-refractivity contribution in [1.82, 2.24) is 5.32 Å². The van der Waals surface area contributed by atoms with Crippen LogP contribution in [-0.2, 0) is 18.4 Å². The summed E-state index contributed by atoms with van der Waals surface area (Å²) in [6, 6.07) is -0.802. The molecule has 9 heteroatoms. The number of aliphatic hydroxyl groups excluding tert-OH is 1. The topological polar surface area (TPSA) is 108 Å². The maximum atomic E-state index is 12.7. The molecule has 0 aliphatic heterocycles. The molecular weight excluding hydrogens is 599 g/mol. The Balaban J connectivity index is 4.43. The van der Waals surface area contributed by atoms with Crippen LogP contribution in [-0.4, -0.2) is 68.5 Å². The van der Waals surface area contributed by atoms with Gasteiger partial charge in [-0.05, 0) is 44.9 Å². The number of quaternary nitrogens is 1. The summed E-state index contributed by atoms with van der Waals surface area (Å²) in [5.41, 5.74) is 0. The van der Waals surface area contributed by atoms with Gasteiger partial charge >= 0.3 is 0 Å². The van der Waals surface area contributed by atoms with Crippen LogP contribution in [0.1, 0.15) is 155 Å². The van der Waals surface area contributed by atoms with E-state index in [1.807, 2.05) is 21.1 Å². The van der Waals surface area contributed by atoms with E-state index in [9.17, 15) is 19.4 Å². The average Bonchev–Trinajstić information content (AvgIpc) is 2.99. The van der Waals surface area contributed by atoms with Gasteiger partial charge in [-0.15, -0.1) is 0 Å². The molecule has 0 saturated heterocycles. The summed E-state index contributed by atoms with van der Waals surface area (Å²) >= 11 is 0. The molecule has 0 aromatic heterocycles. The lowest BCUT2D eigenvalue weighted by Crippen LogP contribution is -2.46. The van der Waals surface area contributed by atoms with Crippen LogP contribution in [0.3, 0.4) is 0 Å². The number of likely N-dealkylation sites (N-methyl/N-ethyl adjacent to an activating group) is 1. The van der Waals surface area contributed by atoms with Gasteiger partial charge < -0.3 is 28.8 Å². The van der Waals surface area contributed by atoms with Gasteiger partial charge in [0.1, 0.15) is 13.2 Å². The maximum Gasteiger partial charge on any atom is 0.268 e. The fourth-order valence-electron chi connectivity index (χ4n) is 5.13. The van der Waals surface area contributed by atoms with Gasteiger partial charge in [-0.3, -0.25) is 9.36 Å². The Bertz CT molecular complexity index is 814. The summed E-state index contributed by atoms with van der Waals surface area (Å²) in [5, 5.41) is 13.7. The standard InChI is InChI=1S/C37H73N2O6P/c1-6-8-10-12-14-16-17-18-19-20-21-22-23-25-27-29-31-37(41)38-35(34-45-46(42,43)44-33-32-39(3,4)5)36(40)30-28-26-24-15-13-11-9-7-2/h16-17,19-20,35-36,40H,6-15,18,21-34H2,1-5H3,(H-,38,41,42,43)/b17-16-,20-19-. The van der Waals surface area contributed by atoms with Gasteiger partial charge in [-0.2, -0.15) is 0 Å². The van der Waals surface area contributed by atoms with Crippen LogP contribution in [0, 0.1) is 0 Å². The van der Waals surface area contributed by atoms with Crippen molar-refractivity contribution in [3.63, 3.8) is 0 Å². The van der Waals surface area contributed by atoms with Crippen LogP contribution < -0.4 is 10.2 Å². The van der Waals surface area contributed by atoms with E-state index in [4.69, 9.17) is 9.05 Å². The molecule has 0 saturated carbocycles. The summed E-state index contributed by atoms with van der Waals surface area (Å²) in [6.07, 6.45) is 31.8. The molecule has 0 aromatic rings. The molecule has 0 aromatic carbocycles. The molecule has 8 nitrogen and oxygen atoms in total. The molecule has 0 bridgehead atoms. The zero-order chi connectivity index (χ0) is 34.4. The number of allylic oxidation sites excluding steroid dienone is 4. The van der Waals surface area contributed by atoms with Gasteiger partial charge in [-0.1, -0.05) is 128 Å². The first-order valence-electron chi connectivity index (χ1n) is 18.7. The van der Waals surface area contributed by atoms with Crippen molar-refractivity contribution in [2.45, 2.75) is 167 Å². The van der Waals surface area contributed by atoms with E-state index in [1.54, 1.807) is 0 Å². The number of carbonyl (C=O) groups excluding carboxylic acids is 1. The first-order valence-corrected chi connectivity index (χ1v) is 20.1. The number of hydrogen-bond donors (Lipinski definition) is 2. The van der Waals surface area contributed by atoms with Crippen molar-refractivity contribution in [3.05, 3.63) is 24.3 Å². The van der Waals surface area contributed by atoms with Crippen molar-refractivity contribution in [1.29, 1.82) is 0 Å².